The molecule has 0 rings (SSSR count). The van der Waals surface area contributed by atoms with Crippen LogP contribution in [0.15, 0.2) is 0 Å². The molecule has 0 bridgehead atoms. The number of hydrogen-bond acceptors (Lipinski definition) is 3. The Morgan fingerprint density at radius 1 is 1.56 bits per heavy atom. The normalized spacial score (nSPS) is 10.7. The zero-order valence-electron chi connectivity index (χ0n) is 6.26. The molecule has 0 aliphatic heterocycles. The highest BCUT2D eigenvalue weighted by Crippen LogP contribution is 2.05. The molecule has 0 saturated heterocycles. The third kappa shape index (κ3) is 6.15. The van der Waals surface area contributed by atoms with Gasteiger partial charge in [0.25, 0.3) is 0 Å². The molecule has 0 aromatic heterocycles. The zero-order valence-corrected chi connectivity index (χ0v) is 7.08. The van der Waals surface area contributed by atoms with Crippen molar-refractivity contribution in [2.45, 2.75) is 13.3 Å². The fourth-order valence-electron chi connectivity index (χ4n) is 0.493. The molecule has 0 radical (unpaired) electrons. The summed E-state index contributed by atoms with van der Waals surface area (Å²) in [7, 11) is 2.08. The molecule has 2 nitrogen and oxygen atoms in total. The van der Waals surface area contributed by atoms with Crippen LogP contribution in [0, 0.1) is 0 Å². The lowest BCUT2D eigenvalue weighted by Crippen LogP contribution is -2.19. The van der Waals surface area contributed by atoms with Crippen molar-refractivity contribution in [1.29, 1.82) is 0 Å². The van der Waals surface area contributed by atoms with E-state index in [2.05, 4.69) is 18.3 Å². The lowest BCUT2D eigenvalue weighted by molar-refractivity contribution is 0.576. The van der Waals surface area contributed by atoms with E-state index in [1.54, 1.807) is 0 Å². The van der Waals surface area contributed by atoms with Crippen LogP contribution in [-0.4, -0.2) is 30.2 Å². The number of rotatable bonds is 5. The maximum atomic E-state index is 5.35. The Hall–Kier alpha value is 0.270. The fraction of sp³-hybridized carbons (Fsp3) is 1.00. The van der Waals surface area contributed by atoms with Crippen molar-refractivity contribution in [1.82, 2.24) is 4.31 Å². The van der Waals surface area contributed by atoms with Crippen LogP contribution in [0.4, 0.5) is 0 Å². The van der Waals surface area contributed by atoms with Gasteiger partial charge < -0.3 is 5.73 Å². The minimum atomic E-state index is 0.757. The van der Waals surface area contributed by atoms with E-state index in [9.17, 15) is 0 Å². The fourth-order valence-corrected chi connectivity index (χ4v) is 1.22. The molecule has 0 amide bonds. The van der Waals surface area contributed by atoms with Gasteiger partial charge in [0.2, 0.25) is 0 Å². The topological polar surface area (TPSA) is 29.3 Å². The zero-order chi connectivity index (χ0) is 7.11. The second kappa shape index (κ2) is 6.39. The number of likely N-dealkylation sites (N-methyl/N-ethyl adjacent to an activating group) is 1. The van der Waals surface area contributed by atoms with Gasteiger partial charge >= 0.3 is 0 Å². The molecule has 0 unspecified atom stereocenters. The van der Waals surface area contributed by atoms with Crippen molar-refractivity contribution in [3.8, 4) is 0 Å². The van der Waals surface area contributed by atoms with Gasteiger partial charge in [0.1, 0.15) is 0 Å². The third-order valence-electron chi connectivity index (χ3n) is 0.960. The molecule has 9 heavy (non-hydrogen) atoms. The van der Waals surface area contributed by atoms with Gasteiger partial charge in [-0.1, -0.05) is 18.9 Å². The second-order valence-electron chi connectivity index (χ2n) is 1.97. The van der Waals surface area contributed by atoms with E-state index >= 15 is 0 Å². The predicted molar refractivity (Wildman–Crippen MR) is 44.4 cm³/mol. The van der Waals surface area contributed by atoms with Crippen molar-refractivity contribution in [2.24, 2.45) is 5.73 Å². The summed E-state index contributed by atoms with van der Waals surface area (Å²) >= 11 is 1.85. The molecule has 0 aromatic rings. The summed E-state index contributed by atoms with van der Waals surface area (Å²) < 4.78 is 2.18. The van der Waals surface area contributed by atoms with Gasteiger partial charge in [-0.05, 0) is 13.5 Å². The van der Waals surface area contributed by atoms with E-state index in [4.69, 9.17) is 5.73 Å². The summed E-state index contributed by atoms with van der Waals surface area (Å²) in [4.78, 5) is 0. The summed E-state index contributed by atoms with van der Waals surface area (Å²) in [6.07, 6.45) is 1.24. The molecule has 3 heteroatoms. The van der Waals surface area contributed by atoms with E-state index in [1.807, 2.05) is 11.9 Å². The summed E-state index contributed by atoms with van der Waals surface area (Å²) in [5, 5.41) is 0. The van der Waals surface area contributed by atoms with Gasteiger partial charge in [-0.25, -0.2) is 0 Å². The predicted octanol–water partition coefficient (Wildman–Crippen LogP) is 0.935. The molecule has 56 valence electrons. The minimum absolute atomic E-state index is 0.757. The van der Waals surface area contributed by atoms with Crippen LogP contribution in [0.5, 0.6) is 0 Å². The molecular formula is C6H16N2S. The van der Waals surface area contributed by atoms with Crippen LogP contribution >= 0.6 is 11.9 Å². The molecule has 0 atom stereocenters. The van der Waals surface area contributed by atoms with E-state index < -0.39 is 0 Å². The molecule has 2 N–H and O–H groups in total. The lowest BCUT2D eigenvalue weighted by atomic mass is 10.6. The molecule has 0 aliphatic rings. The molecule has 0 saturated carbocycles. The van der Waals surface area contributed by atoms with Crippen LogP contribution in [-0.2, 0) is 0 Å². The average Bonchev–Trinajstić information content (AvgIpc) is 1.85. The first-order chi connectivity index (χ1) is 4.31. The van der Waals surface area contributed by atoms with Crippen molar-refractivity contribution in [3.05, 3.63) is 0 Å². The van der Waals surface area contributed by atoms with Gasteiger partial charge in [0.15, 0.2) is 0 Å². The largest absolute Gasteiger partial charge is 0.329 e. The Bertz CT molecular complexity index is 59.0. The maximum absolute atomic E-state index is 5.35. The first-order valence-corrected chi connectivity index (χ1v) is 4.29. The van der Waals surface area contributed by atoms with Gasteiger partial charge in [-0.2, -0.15) is 0 Å². The Balaban J connectivity index is 2.95. The Morgan fingerprint density at radius 3 is 2.67 bits per heavy atom. The first kappa shape index (κ1) is 9.27. The van der Waals surface area contributed by atoms with Crippen LogP contribution in [0.2, 0.25) is 0 Å². The van der Waals surface area contributed by atoms with Gasteiger partial charge in [-0.3, -0.25) is 4.31 Å². The summed E-state index contributed by atoms with van der Waals surface area (Å²) in [5.74, 6) is 1.20. The van der Waals surface area contributed by atoms with Crippen molar-refractivity contribution < 1.29 is 0 Å². The average molecular weight is 148 g/mol. The lowest BCUT2D eigenvalue weighted by Gasteiger charge is -2.12. The monoisotopic (exact) mass is 148 g/mol. The highest BCUT2D eigenvalue weighted by atomic mass is 32.2. The van der Waals surface area contributed by atoms with Gasteiger partial charge in [-0.15, -0.1) is 0 Å². The van der Waals surface area contributed by atoms with Crippen LogP contribution in [0.1, 0.15) is 13.3 Å². The van der Waals surface area contributed by atoms with Crippen molar-refractivity contribution >= 4 is 11.9 Å². The Labute approximate surface area is 61.9 Å². The molecule has 0 spiro atoms. The van der Waals surface area contributed by atoms with E-state index in [0.29, 0.717) is 0 Å². The van der Waals surface area contributed by atoms with E-state index in [1.165, 1.54) is 12.2 Å². The van der Waals surface area contributed by atoms with Crippen molar-refractivity contribution in [2.75, 3.05) is 25.9 Å². The second-order valence-corrected chi connectivity index (χ2v) is 3.26. The minimum Gasteiger partial charge on any atom is -0.329 e. The molecular weight excluding hydrogens is 132 g/mol. The Morgan fingerprint density at radius 2 is 2.22 bits per heavy atom. The van der Waals surface area contributed by atoms with Gasteiger partial charge in [0, 0.05) is 18.8 Å². The maximum Gasteiger partial charge on any atom is 0.0209 e. The molecule has 0 fully saturated rings. The third-order valence-corrected chi connectivity index (χ3v) is 2.17. The van der Waals surface area contributed by atoms with E-state index in [-0.39, 0.29) is 0 Å². The van der Waals surface area contributed by atoms with Crippen LogP contribution in [0.3, 0.4) is 0 Å². The SMILES string of the molecule is CCCSN(C)CCN. The highest BCUT2D eigenvalue weighted by Gasteiger charge is 1.93. The first-order valence-electron chi connectivity index (χ1n) is 3.35. The summed E-state index contributed by atoms with van der Waals surface area (Å²) in [6.45, 7) is 3.93. The number of nitrogens with two attached hydrogens (primary N) is 1. The standard InChI is InChI=1S/C6H16N2S/c1-3-6-9-8(2)5-4-7/h3-7H2,1-2H3. The molecule has 0 aromatic carbocycles. The van der Waals surface area contributed by atoms with Crippen molar-refractivity contribution in [3.63, 3.8) is 0 Å². The Kier molecular flexibility index (Phi) is 6.58. The molecule has 0 heterocycles. The van der Waals surface area contributed by atoms with Crippen LogP contribution in [0.25, 0.3) is 0 Å². The number of nitrogens with zero attached hydrogens (tertiary/aromatic N) is 1. The highest BCUT2D eigenvalue weighted by molar-refractivity contribution is 7.96. The summed E-state index contributed by atoms with van der Waals surface area (Å²) in [6, 6.07) is 0. The number of hydrogen-bond donors (Lipinski definition) is 1. The smallest absolute Gasteiger partial charge is 0.0209 e. The van der Waals surface area contributed by atoms with Crippen LogP contribution < -0.4 is 5.73 Å². The summed E-state index contributed by atoms with van der Waals surface area (Å²) in [5.41, 5.74) is 5.35. The molecule has 0 aliphatic carbocycles. The van der Waals surface area contributed by atoms with E-state index in [0.717, 1.165) is 13.1 Å². The quantitative estimate of drug-likeness (QED) is 0.588. The van der Waals surface area contributed by atoms with Gasteiger partial charge in [0.05, 0.1) is 0 Å².